The monoisotopic (exact) mass is 341 g/mol. The first kappa shape index (κ1) is 17.7. The summed E-state index contributed by atoms with van der Waals surface area (Å²) >= 11 is 0. The zero-order chi connectivity index (χ0) is 17.0. The van der Waals surface area contributed by atoms with E-state index in [0.29, 0.717) is 6.54 Å². The molecular formula is C18H26F3N3. The lowest BCUT2D eigenvalue weighted by molar-refractivity contribution is -0.137. The molecule has 1 atom stereocenters. The Morgan fingerprint density at radius 3 is 2.50 bits per heavy atom. The second kappa shape index (κ2) is 7.85. The van der Waals surface area contributed by atoms with Gasteiger partial charge in [0, 0.05) is 39.3 Å². The number of alkyl halides is 3. The Morgan fingerprint density at radius 1 is 1.08 bits per heavy atom. The molecule has 134 valence electrons. The van der Waals surface area contributed by atoms with Crippen molar-refractivity contribution in [3.63, 3.8) is 0 Å². The number of hydrogen-bond acceptors (Lipinski definition) is 3. The Labute approximate surface area is 141 Å². The Hall–Kier alpha value is -1.11. The number of nitrogens with one attached hydrogen (secondary N) is 1. The van der Waals surface area contributed by atoms with E-state index in [1.165, 1.54) is 25.0 Å². The van der Waals surface area contributed by atoms with Crippen molar-refractivity contribution in [1.82, 2.24) is 15.1 Å². The molecule has 2 aliphatic heterocycles. The third-order valence-electron chi connectivity index (χ3n) is 5.04. The number of nitrogens with zero attached hydrogens (tertiary/aromatic N) is 2. The van der Waals surface area contributed by atoms with Crippen LogP contribution >= 0.6 is 0 Å². The summed E-state index contributed by atoms with van der Waals surface area (Å²) in [6.07, 6.45) is -1.69. The van der Waals surface area contributed by atoms with Crippen molar-refractivity contribution in [2.24, 2.45) is 5.92 Å². The van der Waals surface area contributed by atoms with E-state index in [2.05, 4.69) is 15.1 Å². The van der Waals surface area contributed by atoms with Crippen LogP contribution in [-0.2, 0) is 12.7 Å². The number of halogens is 3. The van der Waals surface area contributed by atoms with Crippen LogP contribution in [0.3, 0.4) is 0 Å². The third-order valence-corrected chi connectivity index (χ3v) is 5.04. The van der Waals surface area contributed by atoms with Crippen LogP contribution < -0.4 is 5.32 Å². The molecule has 0 aromatic heterocycles. The highest BCUT2D eigenvalue weighted by Crippen LogP contribution is 2.29. The van der Waals surface area contributed by atoms with Crippen LogP contribution in [0.15, 0.2) is 24.3 Å². The Bertz CT molecular complexity index is 518. The van der Waals surface area contributed by atoms with E-state index in [4.69, 9.17) is 0 Å². The Kier molecular flexibility index (Phi) is 5.79. The van der Waals surface area contributed by atoms with Crippen molar-refractivity contribution in [3.05, 3.63) is 35.4 Å². The number of hydrogen-bond donors (Lipinski definition) is 1. The van der Waals surface area contributed by atoms with Gasteiger partial charge in [-0.05, 0) is 43.5 Å². The molecule has 0 spiro atoms. The molecule has 6 heteroatoms. The van der Waals surface area contributed by atoms with E-state index >= 15 is 0 Å². The molecule has 2 aliphatic rings. The van der Waals surface area contributed by atoms with Crippen molar-refractivity contribution in [2.45, 2.75) is 25.6 Å². The molecule has 1 N–H and O–H groups in total. The van der Waals surface area contributed by atoms with Crippen molar-refractivity contribution < 1.29 is 13.2 Å². The van der Waals surface area contributed by atoms with Gasteiger partial charge in [-0.3, -0.25) is 4.90 Å². The molecule has 0 bridgehead atoms. The molecule has 1 unspecified atom stereocenters. The molecule has 0 amide bonds. The van der Waals surface area contributed by atoms with E-state index in [1.807, 2.05) is 0 Å². The number of piperidine rings is 1. The molecule has 1 aromatic rings. The lowest BCUT2D eigenvalue weighted by Crippen LogP contribution is -2.48. The SMILES string of the molecule is FC(F)(F)c1cccc(CN2CCN(CC3CCCNC3)CC2)c1. The largest absolute Gasteiger partial charge is 0.416 e. The van der Waals surface area contributed by atoms with Gasteiger partial charge in [0.1, 0.15) is 0 Å². The van der Waals surface area contributed by atoms with Gasteiger partial charge < -0.3 is 10.2 Å². The fourth-order valence-electron chi connectivity index (χ4n) is 3.68. The van der Waals surface area contributed by atoms with Gasteiger partial charge in [-0.15, -0.1) is 0 Å². The summed E-state index contributed by atoms with van der Waals surface area (Å²) in [5.41, 5.74) is 0.193. The zero-order valence-electron chi connectivity index (χ0n) is 14.0. The maximum Gasteiger partial charge on any atom is 0.416 e. The Morgan fingerprint density at radius 2 is 1.83 bits per heavy atom. The maximum atomic E-state index is 12.8. The van der Waals surface area contributed by atoms with E-state index in [0.717, 1.165) is 63.4 Å². The van der Waals surface area contributed by atoms with Gasteiger partial charge in [0.25, 0.3) is 0 Å². The molecule has 0 aliphatic carbocycles. The summed E-state index contributed by atoms with van der Waals surface area (Å²) in [7, 11) is 0. The maximum absolute atomic E-state index is 12.8. The van der Waals surface area contributed by atoms with Crippen molar-refractivity contribution in [2.75, 3.05) is 45.8 Å². The van der Waals surface area contributed by atoms with E-state index in [-0.39, 0.29) is 0 Å². The molecule has 1 aromatic carbocycles. The smallest absolute Gasteiger partial charge is 0.316 e. The van der Waals surface area contributed by atoms with E-state index in [1.54, 1.807) is 6.07 Å². The summed E-state index contributed by atoms with van der Waals surface area (Å²) in [5, 5.41) is 3.45. The minimum atomic E-state index is -4.26. The minimum Gasteiger partial charge on any atom is -0.316 e. The van der Waals surface area contributed by atoms with Crippen molar-refractivity contribution >= 4 is 0 Å². The highest BCUT2D eigenvalue weighted by Gasteiger charge is 2.30. The van der Waals surface area contributed by atoms with Crippen LogP contribution in [-0.4, -0.2) is 55.6 Å². The van der Waals surface area contributed by atoms with E-state index < -0.39 is 11.7 Å². The van der Waals surface area contributed by atoms with Gasteiger partial charge in [-0.1, -0.05) is 18.2 Å². The van der Waals surface area contributed by atoms with Gasteiger partial charge in [0.15, 0.2) is 0 Å². The molecule has 2 heterocycles. The molecule has 2 saturated heterocycles. The van der Waals surface area contributed by atoms with Gasteiger partial charge in [0.05, 0.1) is 5.56 Å². The average Bonchev–Trinajstić information content (AvgIpc) is 2.57. The molecule has 3 nitrogen and oxygen atoms in total. The quantitative estimate of drug-likeness (QED) is 0.909. The zero-order valence-corrected chi connectivity index (χ0v) is 14.0. The van der Waals surface area contributed by atoms with Gasteiger partial charge in [-0.25, -0.2) is 0 Å². The molecule has 0 saturated carbocycles. The van der Waals surface area contributed by atoms with E-state index in [9.17, 15) is 13.2 Å². The summed E-state index contributed by atoms with van der Waals surface area (Å²) in [6, 6.07) is 5.71. The van der Waals surface area contributed by atoms with Crippen LogP contribution in [0.4, 0.5) is 13.2 Å². The fraction of sp³-hybridized carbons (Fsp3) is 0.667. The number of piperazine rings is 1. The third kappa shape index (κ3) is 4.94. The molecule has 24 heavy (non-hydrogen) atoms. The standard InChI is InChI=1S/C18H26F3N3/c19-18(20,21)17-5-1-3-15(11-17)13-23-7-9-24(10-8-23)14-16-4-2-6-22-12-16/h1,3,5,11,16,22H,2,4,6-10,12-14H2. The molecule has 2 fully saturated rings. The van der Waals surface area contributed by atoms with Crippen LogP contribution in [0.2, 0.25) is 0 Å². The topological polar surface area (TPSA) is 18.5 Å². The fourth-order valence-corrected chi connectivity index (χ4v) is 3.68. The van der Waals surface area contributed by atoms with Gasteiger partial charge in [0.2, 0.25) is 0 Å². The lowest BCUT2D eigenvalue weighted by atomic mass is 9.99. The van der Waals surface area contributed by atoms with Gasteiger partial charge >= 0.3 is 6.18 Å². The summed E-state index contributed by atoms with van der Waals surface area (Å²) < 4.78 is 38.4. The summed E-state index contributed by atoms with van der Waals surface area (Å²) in [6.45, 7) is 7.87. The first-order valence-corrected chi connectivity index (χ1v) is 8.82. The van der Waals surface area contributed by atoms with Gasteiger partial charge in [-0.2, -0.15) is 13.2 Å². The molecule has 0 radical (unpaired) electrons. The van der Waals surface area contributed by atoms with Crippen LogP contribution in [0.25, 0.3) is 0 Å². The van der Waals surface area contributed by atoms with Crippen LogP contribution in [0.1, 0.15) is 24.0 Å². The highest BCUT2D eigenvalue weighted by molar-refractivity contribution is 5.25. The first-order valence-electron chi connectivity index (χ1n) is 8.82. The first-order chi connectivity index (χ1) is 11.5. The molecule has 3 rings (SSSR count). The second-order valence-corrected chi connectivity index (χ2v) is 6.99. The summed E-state index contributed by atoms with van der Waals surface area (Å²) in [4.78, 5) is 4.76. The van der Waals surface area contributed by atoms with Crippen molar-refractivity contribution in [3.8, 4) is 0 Å². The number of rotatable bonds is 4. The average molecular weight is 341 g/mol. The Balaban J connectivity index is 1.47. The van der Waals surface area contributed by atoms with Crippen molar-refractivity contribution in [1.29, 1.82) is 0 Å². The second-order valence-electron chi connectivity index (χ2n) is 6.99. The normalized spacial score (nSPS) is 24.2. The summed E-state index contributed by atoms with van der Waals surface area (Å²) in [5.74, 6) is 0.744. The van der Waals surface area contributed by atoms with Crippen LogP contribution in [0.5, 0.6) is 0 Å². The molecular weight excluding hydrogens is 315 g/mol. The minimum absolute atomic E-state index is 0.552. The highest BCUT2D eigenvalue weighted by atomic mass is 19.4. The number of benzene rings is 1. The predicted octanol–water partition coefficient (Wildman–Crippen LogP) is 2.82. The van der Waals surface area contributed by atoms with Crippen LogP contribution in [0, 0.1) is 5.92 Å². The lowest BCUT2D eigenvalue weighted by Gasteiger charge is -2.37. The predicted molar refractivity (Wildman–Crippen MR) is 88.8 cm³/mol.